The average molecular weight is 370 g/mol. The molecule has 126 valence electrons. The van der Waals surface area contributed by atoms with Gasteiger partial charge in [0.15, 0.2) is 6.10 Å². The third-order valence-corrected chi connectivity index (χ3v) is 4.15. The molecule has 0 bridgehead atoms. The number of halogens is 2. The van der Waals surface area contributed by atoms with Crippen LogP contribution in [0.4, 0.5) is 0 Å². The molecule has 1 fully saturated rings. The quantitative estimate of drug-likeness (QED) is 0.895. The number of nitrogens with zero attached hydrogens (tertiary/aromatic N) is 3. The second-order valence-electron chi connectivity index (χ2n) is 5.22. The Labute approximate surface area is 147 Å². The highest BCUT2D eigenvalue weighted by Gasteiger charge is 2.30. The van der Waals surface area contributed by atoms with Crippen molar-refractivity contribution >= 4 is 35.1 Å². The molecule has 1 N–H and O–H groups in total. The summed E-state index contributed by atoms with van der Waals surface area (Å²) in [4.78, 5) is 25.0. The smallest absolute Gasteiger partial charge is 0.334 e. The minimum Gasteiger partial charge on any atom is -0.479 e. The predicted molar refractivity (Wildman–Crippen MR) is 86.9 cm³/mol. The molecule has 1 aromatic heterocycles. The summed E-state index contributed by atoms with van der Waals surface area (Å²) in [5.74, 6) is -1.39. The number of amides is 1. The molecular weight excluding hydrogens is 357 g/mol. The molecule has 3 rings (SSSR count). The molecule has 1 aliphatic heterocycles. The van der Waals surface area contributed by atoms with Crippen molar-refractivity contribution in [1.29, 1.82) is 0 Å². The molecule has 7 nitrogen and oxygen atoms in total. The first-order valence-corrected chi connectivity index (χ1v) is 7.85. The minimum atomic E-state index is -1.09. The van der Waals surface area contributed by atoms with Gasteiger partial charge in [0, 0.05) is 17.8 Å². The Morgan fingerprint density at radius 1 is 1.33 bits per heavy atom. The van der Waals surface area contributed by atoms with Gasteiger partial charge >= 0.3 is 5.97 Å². The van der Waals surface area contributed by atoms with E-state index in [1.165, 1.54) is 15.8 Å². The first-order valence-electron chi connectivity index (χ1n) is 7.09. The Kier molecular flexibility index (Phi) is 4.75. The zero-order chi connectivity index (χ0) is 17.3. The Balaban J connectivity index is 1.80. The third-order valence-electron chi connectivity index (χ3n) is 3.62. The number of aliphatic carboxylic acids is 1. The Morgan fingerprint density at radius 3 is 2.83 bits per heavy atom. The molecule has 0 saturated carbocycles. The molecule has 2 aromatic rings. The van der Waals surface area contributed by atoms with E-state index < -0.39 is 12.1 Å². The van der Waals surface area contributed by atoms with Crippen LogP contribution in [-0.2, 0) is 9.53 Å². The summed E-state index contributed by atoms with van der Waals surface area (Å²) in [6, 6.07) is 4.95. The number of ether oxygens (including phenoxy) is 1. The van der Waals surface area contributed by atoms with Crippen LogP contribution in [0.1, 0.15) is 10.4 Å². The second-order valence-corrected chi connectivity index (χ2v) is 6.06. The summed E-state index contributed by atoms with van der Waals surface area (Å²) in [5, 5.41) is 14.1. The summed E-state index contributed by atoms with van der Waals surface area (Å²) in [6.07, 6.45) is 1.95. The number of carbonyl (C=O) groups is 2. The Morgan fingerprint density at radius 2 is 2.12 bits per heavy atom. The van der Waals surface area contributed by atoms with E-state index in [0.29, 0.717) is 27.8 Å². The molecule has 0 aliphatic carbocycles. The van der Waals surface area contributed by atoms with Gasteiger partial charge in [-0.1, -0.05) is 23.2 Å². The monoisotopic (exact) mass is 369 g/mol. The van der Waals surface area contributed by atoms with Crippen LogP contribution in [0.5, 0.6) is 0 Å². The Hall–Kier alpha value is -2.09. The van der Waals surface area contributed by atoms with Crippen molar-refractivity contribution in [2.24, 2.45) is 0 Å². The number of carboxylic acids is 1. The van der Waals surface area contributed by atoms with E-state index >= 15 is 0 Å². The standard InChI is InChI=1S/C15H13Cl2N3O4/c16-10-1-2-12(11(17)5-10)20-7-9(6-18-20)14(21)19-3-4-24-13(8-19)15(22)23/h1-2,5-7,13H,3-4,8H2,(H,22,23)/t13-/m1/s1. The maximum Gasteiger partial charge on any atom is 0.334 e. The first kappa shape index (κ1) is 16.8. The number of morpholine rings is 1. The lowest BCUT2D eigenvalue weighted by Crippen LogP contribution is -2.48. The van der Waals surface area contributed by atoms with Gasteiger partial charge < -0.3 is 14.7 Å². The van der Waals surface area contributed by atoms with Gasteiger partial charge in [0.05, 0.1) is 35.6 Å². The van der Waals surface area contributed by atoms with E-state index in [2.05, 4.69) is 5.10 Å². The van der Waals surface area contributed by atoms with E-state index in [0.717, 1.165) is 0 Å². The van der Waals surface area contributed by atoms with Crippen LogP contribution in [0.2, 0.25) is 10.0 Å². The lowest BCUT2D eigenvalue weighted by molar-refractivity contribution is -0.154. The predicted octanol–water partition coefficient (Wildman–Crippen LogP) is 2.10. The number of hydrogen-bond donors (Lipinski definition) is 1. The fourth-order valence-electron chi connectivity index (χ4n) is 2.40. The van der Waals surface area contributed by atoms with Crippen LogP contribution in [0.25, 0.3) is 5.69 Å². The maximum atomic E-state index is 12.5. The Bertz CT molecular complexity index is 793. The van der Waals surface area contributed by atoms with E-state index in [4.69, 9.17) is 33.0 Å². The number of carboxylic acid groups (broad SMARTS) is 1. The van der Waals surface area contributed by atoms with Gasteiger partial charge in [-0.3, -0.25) is 4.79 Å². The van der Waals surface area contributed by atoms with Crippen LogP contribution in [0.15, 0.2) is 30.6 Å². The van der Waals surface area contributed by atoms with Crippen LogP contribution in [-0.4, -0.2) is 57.5 Å². The minimum absolute atomic E-state index is 0.00104. The lowest BCUT2D eigenvalue weighted by atomic mass is 10.2. The highest BCUT2D eigenvalue weighted by atomic mass is 35.5. The molecular formula is C15H13Cl2N3O4. The van der Waals surface area contributed by atoms with E-state index in [1.54, 1.807) is 24.4 Å². The summed E-state index contributed by atoms with van der Waals surface area (Å²) in [5.41, 5.74) is 0.928. The SMILES string of the molecule is O=C(O)[C@H]1CN(C(=O)c2cnn(-c3ccc(Cl)cc3Cl)c2)CCO1. The summed E-state index contributed by atoms with van der Waals surface area (Å²) in [7, 11) is 0. The van der Waals surface area contributed by atoms with Crippen LogP contribution < -0.4 is 0 Å². The molecule has 0 radical (unpaired) electrons. The molecule has 24 heavy (non-hydrogen) atoms. The molecule has 0 spiro atoms. The van der Waals surface area contributed by atoms with Crippen LogP contribution in [0.3, 0.4) is 0 Å². The lowest BCUT2D eigenvalue weighted by Gasteiger charge is -2.30. The maximum absolute atomic E-state index is 12.5. The molecule has 2 heterocycles. The topological polar surface area (TPSA) is 84.7 Å². The summed E-state index contributed by atoms with van der Waals surface area (Å²) < 4.78 is 6.59. The molecule has 9 heteroatoms. The largest absolute Gasteiger partial charge is 0.479 e. The number of hydrogen-bond acceptors (Lipinski definition) is 4. The molecule has 0 unspecified atom stereocenters. The normalized spacial score (nSPS) is 17.8. The molecule has 1 saturated heterocycles. The number of carbonyl (C=O) groups excluding carboxylic acids is 1. The van der Waals surface area contributed by atoms with Crippen molar-refractivity contribution in [2.45, 2.75) is 6.10 Å². The summed E-state index contributed by atoms with van der Waals surface area (Å²) in [6.45, 7) is 0.510. The zero-order valence-electron chi connectivity index (χ0n) is 12.4. The van der Waals surface area contributed by atoms with Gasteiger partial charge in [-0.25, -0.2) is 9.48 Å². The van der Waals surface area contributed by atoms with Crippen molar-refractivity contribution in [2.75, 3.05) is 19.7 Å². The van der Waals surface area contributed by atoms with Gasteiger partial charge in [0.1, 0.15) is 0 Å². The highest BCUT2D eigenvalue weighted by molar-refractivity contribution is 6.35. The summed E-state index contributed by atoms with van der Waals surface area (Å²) >= 11 is 12.0. The zero-order valence-corrected chi connectivity index (χ0v) is 13.9. The number of benzene rings is 1. The van der Waals surface area contributed by atoms with Crippen LogP contribution >= 0.6 is 23.2 Å². The van der Waals surface area contributed by atoms with Crippen molar-refractivity contribution in [3.63, 3.8) is 0 Å². The van der Waals surface area contributed by atoms with Crippen molar-refractivity contribution in [3.05, 3.63) is 46.2 Å². The number of rotatable bonds is 3. The van der Waals surface area contributed by atoms with Gasteiger partial charge in [-0.15, -0.1) is 0 Å². The van der Waals surface area contributed by atoms with Gasteiger partial charge in [-0.2, -0.15) is 5.10 Å². The first-order chi connectivity index (χ1) is 11.5. The fourth-order valence-corrected chi connectivity index (χ4v) is 2.89. The van der Waals surface area contributed by atoms with Crippen molar-refractivity contribution in [1.82, 2.24) is 14.7 Å². The molecule has 1 amide bonds. The van der Waals surface area contributed by atoms with E-state index in [-0.39, 0.29) is 19.1 Å². The number of aromatic nitrogens is 2. The van der Waals surface area contributed by atoms with Crippen LogP contribution in [0, 0.1) is 0 Å². The highest BCUT2D eigenvalue weighted by Crippen LogP contribution is 2.24. The van der Waals surface area contributed by atoms with Crippen molar-refractivity contribution in [3.8, 4) is 5.69 Å². The van der Waals surface area contributed by atoms with Gasteiger partial charge in [-0.05, 0) is 18.2 Å². The average Bonchev–Trinajstić information content (AvgIpc) is 3.04. The third kappa shape index (κ3) is 3.38. The second kappa shape index (κ2) is 6.80. The van der Waals surface area contributed by atoms with Gasteiger partial charge in [0.2, 0.25) is 0 Å². The molecule has 1 atom stereocenters. The fraction of sp³-hybridized carbons (Fsp3) is 0.267. The van der Waals surface area contributed by atoms with Gasteiger partial charge in [0.25, 0.3) is 5.91 Å². The molecule has 1 aromatic carbocycles. The van der Waals surface area contributed by atoms with E-state index in [1.807, 2.05) is 0 Å². The molecule has 1 aliphatic rings. The van der Waals surface area contributed by atoms with Crippen molar-refractivity contribution < 1.29 is 19.4 Å². The van der Waals surface area contributed by atoms with E-state index in [9.17, 15) is 9.59 Å².